The second-order valence-electron chi connectivity index (χ2n) is 5.87. The zero-order chi connectivity index (χ0) is 20.8. The number of benzene rings is 3. The Morgan fingerprint density at radius 1 is 0.931 bits per heavy atom. The van der Waals surface area contributed by atoms with Crippen molar-refractivity contribution in [2.24, 2.45) is 0 Å². The molecule has 1 heterocycles. The minimum atomic E-state index is -4.32. The summed E-state index contributed by atoms with van der Waals surface area (Å²) in [6, 6.07) is 11.4. The number of hydrogen-bond acceptors (Lipinski definition) is 8. The van der Waals surface area contributed by atoms with E-state index in [2.05, 4.69) is 9.59 Å². The molecule has 146 valence electrons. The van der Waals surface area contributed by atoms with Crippen molar-refractivity contribution in [2.75, 3.05) is 0 Å². The van der Waals surface area contributed by atoms with E-state index in [1.54, 1.807) is 24.3 Å². The molecule has 4 rings (SSSR count). The van der Waals surface area contributed by atoms with Gasteiger partial charge in [-0.05, 0) is 65.1 Å². The molecular formula is C18H8Cl2N2O5S2. The molecule has 0 unspecified atom stereocenters. The maximum absolute atomic E-state index is 13.0. The molecule has 0 fully saturated rings. The zero-order valence-corrected chi connectivity index (χ0v) is 17.3. The van der Waals surface area contributed by atoms with Gasteiger partial charge >= 0.3 is 10.1 Å². The number of nitrogens with zero attached hydrogens (tertiary/aromatic N) is 2. The van der Waals surface area contributed by atoms with E-state index in [9.17, 15) is 18.0 Å². The predicted octanol–water partition coefficient (Wildman–Crippen LogP) is 4.37. The Bertz CT molecular complexity index is 1380. The van der Waals surface area contributed by atoms with E-state index in [0.29, 0.717) is 16.3 Å². The van der Waals surface area contributed by atoms with Gasteiger partial charge in [0.25, 0.3) is 10.5 Å². The Hall–Kier alpha value is -2.59. The van der Waals surface area contributed by atoms with Crippen molar-refractivity contribution < 1.29 is 22.2 Å². The van der Waals surface area contributed by atoms with E-state index in [-0.39, 0.29) is 21.8 Å². The van der Waals surface area contributed by atoms with Crippen LogP contribution in [0, 0.1) is 0 Å². The largest absolute Gasteiger partial charge is 0.379 e. The molecule has 0 aliphatic carbocycles. The molecule has 0 radical (unpaired) electrons. The lowest BCUT2D eigenvalue weighted by molar-refractivity contribution is 0.108. The Morgan fingerprint density at radius 3 is 2.28 bits per heavy atom. The molecule has 29 heavy (non-hydrogen) atoms. The molecule has 7 nitrogen and oxygen atoms in total. The molecule has 1 aromatic heterocycles. The molecule has 0 bridgehead atoms. The summed E-state index contributed by atoms with van der Waals surface area (Å²) >= 11 is 12.1. The highest BCUT2D eigenvalue weighted by molar-refractivity contribution is 7.87. The summed E-state index contributed by atoms with van der Waals surface area (Å²) in [7, 11) is -4.32. The summed E-state index contributed by atoms with van der Waals surface area (Å²) in [6.45, 7) is 0. The normalized spacial score (nSPS) is 11.7. The van der Waals surface area contributed by atoms with E-state index in [1.165, 1.54) is 6.07 Å². The maximum Gasteiger partial charge on any atom is 0.339 e. The van der Waals surface area contributed by atoms with Crippen molar-refractivity contribution in [3.8, 4) is 5.75 Å². The first-order valence-corrected chi connectivity index (χ1v) is 10.8. The van der Waals surface area contributed by atoms with Crippen molar-refractivity contribution >= 4 is 76.3 Å². The van der Waals surface area contributed by atoms with E-state index in [4.69, 9.17) is 27.4 Å². The average molecular weight is 467 g/mol. The number of carbonyl (C=O) groups is 2. The fraction of sp³-hybridized carbons (Fsp3) is 0. The molecule has 0 saturated heterocycles. The molecule has 0 atom stereocenters. The summed E-state index contributed by atoms with van der Waals surface area (Å²) in [6.07, 6.45) is 0. The van der Waals surface area contributed by atoms with Gasteiger partial charge in [0.05, 0.1) is 4.70 Å². The molecule has 0 spiro atoms. The minimum absolute atomic E-state index is 0.0911. The van der Waals surface area contributed by atoms with Crippen LogP contribution in [0.3, 0.4) is 0 Å². The fourth-order valence-electron chi connectivity index (χ4n) is 2.83. The van der Waals surface area contributed by atoms with Crippen LogP contribution in [-0.4, -0.2) is 28.5 Å². The summed E-state index contributed by atoms with van der Waals surface area (Å²) in [5.74, 6) is -0.266. The Kier molecular flexibility index (Phi) is 4.99. The SMILES string of the molecule is O=C(Cl)c1cc(OS(=O)(=O)c2cccc3c2ccc2nnsc23)cc(C(=O)Cl)c1. The van der Waals surface area contributed by atoms with Crippen molar-refractivity contribution in [3.05, 3.63) is 59.7 Å². The monoisotopic (exact) mass is 466 g/mol. The Morgan fingerprint density at radius 2 is 1.62 bits per heavy atom. The lowest BCUT2D eigenvalue weighted by atomic mass is 10.1. The van der Waals surface area contributed by atoms with Gasteiger partial charge in [-0.15, -0.1) is 5.10 Å². The van der Waals surface area contributed by atoms with Gasteiger partial charge in [0.1, 0.15) is 16.2 Å². The molecule has 0 amide bonds. The molecule has 4 aromatic rings. The van der Waals surface area contributed by atoms with Crippen molar-refractivity contribution in [3.63, 3.8) is 0 Å². The fourth-order valence-corrected chi connectivity index (χ4v) is 4.87. The molecular weight excluding hydrogens is 459 g/mol. The van der Waals surface area contributed by atoms with Crippen LogP contribution in [0.2, 0.25) is 0 Å². The maximum atomic E-state index is 13.0. The second kappa shape index (κ2) is 7.34. The summed E-state index contributed by atoms with van der Waals surface area (Å²) in [5, 5.41) is 3.27. The molecule has 3 aromatic carbocycles. The highest BCUT2D eigenvalue weighted by atomic mass is 35.5. The first-order chi connectivity index (χ1) is 13.8. The van der Waals surface area contributed by atoms with Gasteiger partial charge < -0.3 is 4.18 Å². The molecule has 0 N–H and O–H groups in total. The second-order valence-corrected chi connectivity index (χ2v) is 8.82. The Labute approximate surface area is 178 Å². The van der Waals surface area contributed by atoms with Gasteiger partial charge in [-0.3, -0.25) is 9.59 Å². The van der Waals surface area contributed by atoms with Gasteiger partial charge in [-0.1, -0.05) is 22.7 Å². The van der Waals surface area contributed by atoms with E-state index in [1.807, 2.05) is 0 Å². The van der Waals surface area contributed by atoms with E-state index in [0.717, 1.165) is 34.4 Å². The van der Waals surface area contributed by atoms with Crippen molar-refractivity contribution in [1.82, 2.24) is 9.59 Å². The van der Waals surface area contributed by atoms with Crippen LogP contribution in [0.25, 0.3) is 21.0 Å². The van der Waals surface area contributed by atoms with Gasteiger partial charge in [0, 0.05) is 21.9 Å². The summed E-state index contributed by atoms with van der Waals surface area (Å²) in [4.78, 5) is 22.9. The summed E-state index contributed by atoms with van der Waals surface area (Å²) in [5.41, 5.74) is 0.397. The van der Waals surface area contributed by atoms with E-state index >= 15 is 0 Å². The minimum Gasteiger partial charge on any atom is -0.379 e. The molecule has 11 heteroatoms. The number of aromatic nitrogens is 2. The van der Waals surface area contributed by atoms with Crippen molar-refractivity contribution in [1.29, 1.82) is 0 Å². The highest BCUT2D eigenvalue weighted by Crippen LogP contribution is 2.32. The predicted molar refractivity (Wildman–Crippen MR) is 110 cm³/mol. The van der Waals surface area contributed by atoms with Crippen LogP contribution in [0.1, 0.15) is 20.7 Å². The van der Waals surface area contributed by atoms with Crippen LogP contribution < -0.4 is 4.18 Å². The third kappa shape index (κ3) is 3.69. The van der Waals surface area contributed by atoms with Gasteiger partial charge in [-0.25, -0.2) is 0 Å². The standard InChI is InChI=1S/C18H8Cl2N2O5S2/c19-17(23)9-6-10(18(20)24)8-11(7-9)27-29(25,26)15-3-1-2-13-12(15)4-5-14-16(13)28-22-21-14/h1-8H. The van der Waals surface area contributed by atoms with Crippen LogP contribution in [0.4, 0.5) is 0 Å². The average Bonchev–Trinajstić information content (AvgIpc) is 3.16. The quantitative estimate of drug-likeness (QED) is 0.317. The smallest absolute Gasteiger partial charge is 0.339 e. The summed E-state index contributed by atoms with van der Waals surface area (Å²) < 4.78 is 35.8. The number of fused-ring (bicyclic) bond motifs is 3. The lowest BCUT2D eigenvalue weighted by Gasteiger charge is -2.11. The van der Waals surface area contributed by atoms with Crippen LogP contribution in [-0.2, 0) is 10.1 Å². The Balaban J connectivity index is 1.84. The van der Waals surface area contributed by atoms with Gasteiger partial charge in [-0.2, -0.15) is 8.42 Å². The van der Waals surface area contributed by atoms with Crippen LogP contribution in [0.15, 0.2) is 53.4 Å². The number of rotatable bonds is 5. The lowest BCUT2D eigenvalue weighted by Crippen LogP contribution is -2.11. The van der Waals surface area contributed by atoms with E-state index < -0.39 is 20.6 Å². The van der Waals surface area contributed by atoms with Crippen molar-refractivity contribution in [2.45, 2.75) is 4.90 Å². The zero-order valence-electron chi connectivity index (χ0n) is 14.1. The number of hydrogen-bond donors (Lipinski definition) is 0. The first kappa shape index (κ1) is 19.7. The highest BCUT2D eigenvalue weighted by Gasteiger charge is 2.22. The molecule has 0 aliphatic heterocycles. The number of carbonyl (C=O) groups excluding carboxylic acids is 2. The van der Waals surface area contributed by atoms with Crippen LogP contribution >= 0.6 is 34.7 Å². The first-order valence-electron chi connectivity index (χ1n) is 7.89. The van der Waals surface area contributed by atoms with Gasteiger partial charge in [0.2, 0.25) is 0 Å². The number of halogens is 2. The topological polar surface area (TPSA) is 103 Å². The van der Waals surface area contributed by atoms with Gasteiger partial charge in [0.15, 0.2) is 0 Å². The van der Waals surface area contributed by atoms with Crippen LogP contribution in [0.5, 0.6) is 5.75 Å². The molecule has 0 aliphatic rings. The third-order valence-corrected chi connectivity index (χ3v) is 6.59. The molecule has 0 saturated carbocycles. The third-order valence-electron chi connectivity index (χ3n) is 4.07.